The minimum Gasteiger partial charge on any atom is -0.310 e. The van der Waals surface area contributed by atoms with E-state index >= 15 is 0 Å². The minimum absolute atomic E-state index is 0.411. The Morgan fingerprint density at radius 3 is 2.56 bits per heavy atom. The van der Waals surface area contributed by atoms with Crippen molar-refractivity contribution in [3.63, 3.8) is 0 Å². The van der Waals surface area contributed by atoms with Gasteiger partial charge in [-0.1, -0.05) is 26.0 Å². The molecule has 0 spiro atoms. The Morgan fingerprint density at radius 2 is 1.89 bits per heavy atom. The average Bonchev–Trinajstić information content (AvgIpc) is 2.33. The van der Waals surface area contributed by atoms with Gasteiger partial charge in [-0.15, -0.1) is 0 Å². The van der Waals surface area contributed by atoms with Gasteiger partial charge in [-0.25, -0.2) is 8.78 Å². The van der Waals surface area contributed by atoms with Crippen LogP contribution in [0.4, 0.5) is 8.78 Å². The normalized spacial score (nSPS) is 20.0. The Labute approximate surface area is 108 Å². The van der Waals surface area contributed by atoms with Gasteiger partial charge in [-0.2, -0.15) is 0 Å². The molecule has 1 nitrogen and oxygen atoms in total. The predicted molar refractivity (Wildman–Crippen MR) is 69.2 cm³/mol. The van der Waals surface area contributed by atoms with Crippen molar-refractivity contribution in [1.29, 1.82) is 0 Å². The lowest BCUT2D eigenvalue weighted by molar-refractivity contribution is 0.205. The van der Waals surface area contributed by atoms with Gasteiger partial charge < -0.3 is 5.32 Å². The first-order chi connectivity index (χ1) is 8.48. The molecule has 0 aromatic heterocycles. The molecule has 0 amide bonds. The number of halogens is 2. The smallest absolute Gasteiger partial charge is 0.163 e. The molecule has 1 aromatic rings. The van der Waals surface area contributed by atoms with E-state index in [0.29, 0.717) is 23.6 Å². The van der Waals surface area contributed by atoms with E-state index in [2.05, 4.69) is 19.2 Å². The summed E-state index contributed by atoms with van der Waals surface area (Å²) in [6.07, 6.45) is 4.61. The Hall–Kier alpha value is -0.960. The molecule has 2 rings (SSSR count). The molecular formula is C15H21F2N. The summed E-state index contributed by atoms with van der Waals surface area (Å²) in [4.78, 5) is 0. The van der Waals surface area contributed by atoms with E-state index in [0.717, 1.165) is 18.9 Å². The molecule has 0 saturated heterocycles. The van der Waals surface area contributed by atoms with Crippen molar-refractivity contribution in [2.45, 2.75) is 52.1 Å². The number of hydrogen-bond donors (Lipinski definition) is 1. The maximum atomic E-state index is 13.5. The molecule has 1 aliphatic rings. The van der Waals surface area contributed by atoms with Gasteiger partial charge in [-0.3, -0.25) is 0 Å². The molecule has 1 fully saturated rings. The summed E-state index contributed by atoms with van der Waals surface area (Å²) >= 11 is 0. The number of nitrogens with one attached hydrogen (secondary N) is 1. The molecule has 0 heterocycles. The van der Waals surface area contributed by atoms with Crippen LogP contribution in [-0.4, -0.2) is 6.04 Å². The summed E-state index contributed by atoms with van der Waals surface area (Å²) in [6.45, 7) is 4.99. The Balaban J connectivity index is 1.87. The molecule has 0 aliphatic heterocycles. The molecule has 1 aliphatic carbocycles. The van der Waals surface area contributed by atoms with Crippen molar-refractivity contribution in [1.82, 2.24) is 5.32 Å². The van der Waals surface area contributed by atoms with Gasteiger partial charge in [0.1, 0.15) is 0 Å². The third-order valence-electron chi connectivity index (χ3n) is 3.95. The van der Waals surface area contributed by atoms with E-state index in [1.54, 1.807) is 12.1 Å². The summed E-state index contributed by atoms with van der Waals surface area (Å²) in [5.74, 6) is -1.49. The first-order valence-electron chi connectivity index (χ1n) is 6.64. The fourth-order valence-electron chi connectivity index (χ4n) is 2.54. The third-order valence-corrected chi connectivity index (χ3v) is 3.95. The minimum atomic E-state index is -0.765. The molecule has 1 N–H and O–H groups in total. The van der Waals surface area contributed by atoms with Crippen LogP contribution in [0.15, 0.2) is 18.2 Å². The fraction of sp³-hybridized carbons (Fsp3) is 0.600. The van der Waals surface area contributed by atoms with Crippen LogP contribution >= 0.6 is 0 Å². The zero-order chi connectivity index (χ0) is 13.2. The topological polar surface area (TPSA) is 12.0 Å². The van der Waals surface area contributed by atoms with Crippen LogP contribution < -0.4 is 5.32 Å². The quantitative estimate of drug-likeness (QED) is 0.857. The van der Waals surface area contributed by atoms with Crippen LogP contribution in [0, 0.1) is 17.0 Å². The molecule has 0 atom stereocenters. The molecule has 3 heteroatoms. The van der Waals surface area contributed by atoms with Crippen molar-refractivity contribution >= 4 is 0 Å². The molecule has 0 bridgehead atoms. The second-order valence-electron chi connectivity index (χ2n) is 6.03. The highest BCUT2D eigenvalue weighted by atomic mass is 19.2. The highest BCUT2D eigenvalue weighted by Crippen LogP contribution is 2.35. The first kappa shape index (κ1) is 13.5. The second-order valence-corrected chi connectivity index (χ2v) is 6.03. The molecule has 1 saturated carbocycles. The Morgan fingerprint density at radius 1 is 1.22 bits per heavy atom. The van der Waals surface area contributed by atoms with Crippen molar-refractivity contribution < 1.29 is 8.78 Å². The van der Waals surface area contributed by atoms with Crippen LogP contribution in [0.2, 0.25) is 0 Å². The van der Waals surface area contributed by atoms with E-state index in [1.807, 2.05) is 0 Å². The lowest BCUT2D eigenvalue weighted by atomic mass is 9.75. The first-order valence-corrected chi connectivity index (χ1v) is 6.64. The summed E-state index contributed by atoms with van der Waals surface area (Å²) < 4.78 is 26.5. The lowest BCUT2D eigenvalue weighted by Crippen LogP contribution is -2.35. The summed E-state index contributed by atoms with van der Waals surface area (Å²) in [6, 6.07) is 4.78. The maximum absolute atomic E-state index is 13.5. The highest BCUT2D eigenvalue weighted by Gasteiger charge is 2.26. The van der Waals surface area contributed by atoms with Gasteiger partial charge in [0, 0.05) is 18.2 Å². The maximum Gasteiger partial charge on any atom is 0.163 e. The van der Waals surface area contributed by atoms with Gasteiger partial charge in [0.05, 0.1) is 0 Å². The molecular weight excluding hydrogens is 232 g/mol. The van der Waals surface area contributed by atoms with Gasteiger partial charge in [0.2, 0.25) is 0 Å². The molecule has 0 radical (unpaired) electrons. The molecule has 1 aromatic carbocycles. The van der Waals surface area contributed by atoms with Crippen molar-refractivity contribution in [3.05, 3.63) is 35.4 Å². The van der Waals surface area contributed by atoms with Crippen LogP contribution in [0.5, 0.6) is 0 Å². The molecule has 100 valence electrons. The summed E-state index contributed by atoms with van der Waals surface area (Å²) in [5.41, 5.74) is 0.849. The number of benzene rings is 1. The number of hydrogen-bond acceptors (Lipinski definition) is 1. The zero-order valence-corrected chi connectivity index (χ0v) is 11.1. The number of rotatable bonds is 3. The summed E-state index contributed by atoms with van der Waals surface area (Å²) in [7, 11) is 0. The van der Waals surface area contributed by atoms with E-state index in [-0.39, 0.29) is 0 Å². The van der Waals surface area contributed by atoms with Gasteiger partial charge >= 0.3 is 0 Å². The van der Waals surface area contributed by atoms with Crippen LogP contribution in [0.3, 0.4) is 0 Å². The Kier molecular flexibility index (Phi) is 4.00. The summed E-state index contributed by atoms with van der Waals surface area (Å²) in [5, 5.41) is 3.34. The van der Waals surface area contributed by atoms with Crippen LogP contribution in [0.25, 0.3) is 0 Å². The van der Waals surface area contributed by atoms with Crippen LogP contribution in [0.1, 0.15) is 45.1 Å². The zero-order valence-electron chi connectivity index (χ0n) is 11.1. The van der Waals surface area contributed by atoms with Crippen molar-refractivity contribution in [3.8, 4) is 0 Å². The van der Waals surface area contributed by atoms with E-state index in [4.69, 9.17) is 0 Å². The van der Waals surface area contributed by atoms with E-state index < -0.39 is 11.6 Å². The average molecular weight is 253 g/mol. The second kappa shape index (κ2) is 5.35. The third kappa shape index (κ3) is 3.29. The van der Waals surface area contributed by atoms with E-state index in [1.165, 1.54) is 12.8 Å². The monoisotopic (exact) mass is 253 g/mol. The predicted octanol–water partition coefficient (Wildman–Crippen LogP) is 4.02. The van der Waals surface area contributed by atoms with Gasteiger partial charge in [0.15, 0.2) is 11.6 Å². The fourth-order valence-corrected chi connectivity index (χ4v) is 2.54. The SMILES string of the molecule is CC1(C)CCC(NCc2cccc(F)c2F)CC1. The largest absolute Gasteiger partial charge is 0.310 e. The van der Waals surface area contributed by atoms with Crippen LogP contribution in [-0.2, 0) is 6.54 Å². The standard InChI is InChI=1S/C15H21F2N/c1-15(2)8-6-12(7-9-15)18-10-11-4-3-5-13(16)14(11)17/h3-5,12,18H,6-10H2,1-2H3. The lowest BCUT2D eigenvalue weighted by Gasteiger charge is -2.34. The van der Waals surface area contributed by atoms with Gasteiger partial charge in [-0.05, 0) is 37.2 Å². The molecule has 18 heavy (non-hydrogen) atoms. The van der Waals surface area contributed by atoms with Gasteiger partial charge in [0.25, 0.3) is 0 Å². The molecule has 0 unspecified atom stereocenters. The van der Waals surface area contributed by atoms with E-state index in [9.17, 15) is 8.78 Å². The Bertz CT molecular complexity index is 405. The van der Waals surface area contributed by atoms with Crippen molar-refractivity contribution in [2.75, 3.05) is 0 Å². The van der Waals surface area contributed by atoms with Crippen molar-refractivity contribution in [2.24, 2.45) is 5.41 Å². The highest BCUT2D eigenvalue weighted by molar-refractivity contribution is 5.18.